The lowest BCUT2D eigenvalue weighted by molar-refractivity contribution is -0.385. The van der Waals surface area contributed by atoms with Gasteiger partial charge in [-0.15, -0.1) is 0 Å². The number of carboxylic acid groups (broad SMARTS) is 1. The average Bonchev–Trinajstić information content (AvgIpc) is 2.45. The molecule has 0 heterocycles. The highest BCUT2D eigenvalue weighted by molar-refractivity contribution is 5.95. The monoisotopic (exact) mass is 324 g/mol. The Hall–Kier alpha value is -2.48. The van der Waals surface area contributed by atoms with E-state index in [2.05, 4.69) is 5.32 Å². The van der Waals surface area contributed by atoms with Crippen molar-refractivity contribution in [3.05, 3.63) is 39.4 Å². The topological polar surface area (TPSA) is 119 Å². The van der Waals surface area contributed by atoms with Gasteiger partial charge in [-0.25, -0.2) is 0 Å². The van der Waals surface area contributed by atoms with Crippen molar-refractivity contribution >= 4 is 17.6 Å². The van der Waals surface area contributed by atoms with Crippen molar-refractivity contribution in [2.45, 2.75) is 32.2 Å². The Morgan fingerprint density at radius 2 is 2.09 bits per heavy atom. The zero-order chi connectivity index (χ0) is 17.6. The van der Waals surface area contributed by atoms with Gasteiger partial charge in [0.15, 0.2) is 0 Å². The average molecular weight is 324 g/mol. The summed E-state index contributed by atoms with van der Waals surface area (Å²) in [7, 11) is 1.40. The molecule has 0 aromatic heterocycles. The van der Waals surface area contributed by atoms with E-state index in [1.807, 2.05) is 0 Å². The standard InChI is InChI=1S/C15H20N2O6/c1-4-10-5-6-11(7-12(10)17(21)22)14(20)16-15(2,9-23-3)8-13(18)19/h5-7H,4,8-9H2,1-3H3,(H,16,20)(H,18,19). The van der Waals surface area contributed by atoms with Crippen molar-refractivity contribution in [3.63, 3.8) is 0 Å². The van der Waals surface area contributed by atoms with Crippen LogP contribution in [0.5, 0.6) is 0 Å². The van der Waals surface area contributed by atoms with Gasteiger partial charge in [0.1, 0.15) is 0 Å². The van der Waals surface area contributed by atoms with E-state index in [0.29, 0.717) is 12.0 Å². The number of ether oxygens (including phenoxy) is 1. The maximum absolute atomic E-state index is 12.3. The number of benzene rings is 1. The Bertz CT molecular complexity index is 616. The number of hydrogen-bond donors (Lipinski definition) is 2. The van der Waals surface area contributed by atoms with E-state index in [1.54, 1.807) is 6.92 Å². The maximum atomic E-state index is 12.3. The van der Waals surface area contributed by atoms with Crippen molar-refractivity contribution in [2.75, 3.05) is 13.7 Å². The largest absolute Gasteiger partial charge is 0.481 e. The summed E-state index contributed by atoms with van der Waals surface area (Å²) in [6.07, 6.45) is 0.139. The maximum Gasteiger partial charge on any atom is 0.305 e. The lowest BCUT2D eigenvalue weighted by Crippen LogP contribution is -2.50. The van der Waals surface area contributed by atoms with Crippen molar-refractivity contribution in [2.24, 2.45) is 0 Å². The molecule has 0 aliphatic rings. The van der Waals surface area contributed by atoms with Crippen molar-refractivity contribution < 1.29 is 24.4 Å². The first-order valence-corrected chi connectivity index (χ1v) is 7.03. The molecular formula is C15H20N2O6. The Balaban J connectivity index is 3.06. The van der Waals surface area contributed by atoms with Crippen LogP contribution in [0.3, 0.4) is 0 Å². The number of carbonyl (C=O) groups excluding carboxylic acids is 1. The predicted octanol–water partition coefficient (Wildman–Crippen LogP) is 1.77. The fourth-order valence-corrected chi connectivity index (χ4v) is 2.30. The molecule has 0 fully saturated rings. The van der Waals surface area contributed by atoms with E-state index >= 15 is 0 Å². The number of nitro benzene ring substituents is 1. The fourth-order valence-electron chi connectivity index (χ4n) is 2.30. The van der Waals surface area contributed by atoms with Crippen LogP contribution in [0, 0.1) is 10.1 Å². The summed E-state index contributed by atoms with van der Waals surface area (Å²) in [5.74, 6) is -1.67. The second kappa shape index (κ2) is 7.68. The van der Waals surface area contributed by atoms with Crippen LogP contribution < -0.4 is 5.32 Å². The van der Waals surface area contributed by atoms with Crippen molar-refractivity contribution in [1.29, 1.82) is 0 Å². The van der Waals surface area contributed by atoms with Gasteiger partial charge in [-0.3, -0.25) is 19.7 Å². The van der Waals surface area contributed by atoms with E-state index in [-0.39, 0.29) is 24.3 Å². The molecule has 1 atom stereocenters. The minimum absolute atomic E-state index is 0.000175. The molecule has 0 spiro atoms. The highest BCUT2D eigenvalue weighted by atomic mass is 16.6. The van der Waals surface area contributed by atoms with E-state index in [1.165, 1.54) is 32.2 Å². The molecule has 1 aromatic carbocycles. The van der Waals surface area contributed by atoms with Crippen LogP contribution in [0.1, 0.15) is 36.2 Å². The van der Waals surface area contributed by atoms with Gasteiger partial charge < -0.3 is 15.2 Å². The molecule has 0 bridgehead atoms. The van der Waals surface area contributed by atoms with Crippen molar-refractivity contribution in [1.82, 2.24) is 5.32 Å². The Labute approximate surface area is 133 Å². The molecule has 8 heteroatoms. The number of carboxylic acids is 1. The quantitative estimate of drug-likeness (QED) is 0.555. The lowest BCUT2D eigenvalue weighted by atomic mass is 9.97. The molecule has 0 aliphatic heterocycles. The van der Waals surface area contributed by atoms with Crippen LogP contribution in [-0.2, 0) is 16.0 Å². The molecule has 0 radical (unpaired) electrons. The van der Waals surface area contributed by atoms with Gasteiger partial charge in [0.05, 0.1) is 23.5 Å². The highest BCUT2D eigenvalue weighted by Crippen LogP contribution is 2.21. The smallest absolute Gasteiger partial charge is 0.305 e. The summed E-state index contributed by atoms with van der Waals surface area (Å²) in [4.78, 5) is 33.8. The molecule has 1 rings (SSSR count). The Morgan fingerprint density at radius 3 is 2.57 bits per heavy atom. The lowest BCUT2D eigenvalue weighted by Gasteiger charge is -2.28. The molecule has 1 aromatic rings. The molecule has 8 nitrogen and oxygen atoms in total. The molecular weight excluding hydrogens is 304 g/mol. The van der Waals surface area contributed by atoms with Gasteiger partial charge in [0.25, 0.3) is 11.6 Å². The third kappa shape index (κ3) is 5.03. The third-order valence-corrected chi connectivity index (χ3v) is 3.34. The highest BCUT2D eigenvalue weighted by Gasteiger charge is 2.30. The molecule has 126 valence electrons. The van der Waals surface area contributed by atoms with E-state index in [4.69, 9.17) is 9.84 Å². The SMILES string of the molecule is CCc1ccc(C(=O)NC(C)(COC)CC(=O)O)cc1[N+](=O)[O-]. The number of methoxy groups -OCH3 is 1. The Kier molecular flexibility index (Phi) is 6.20. The number of nitro groups is 1. The fraction of sp³-hybridized carbons (Fsp3) is 0.467. The molecule has 1 amide bonds. The summed E-state index contributed by atoms with van der Waals surface area (Å²) >= 11 is 0. The molecule has 0 saturated carbocycles. The van der Waals surface area contributed by atoms with Gasteiger partial charge in [0.2, 0.25) is 0 Å². The van der Waals surface area contributed by atoms with Gasteiger partial charge in [-0.2, -0.15) is 0 Å². The van der Waals surface area contributed by atoms with Gasteiger partial charge in [-0.05, 0) is 19.4 Å². The zero-order valence-corrected chi connectivity index (χ0v) is 13.3. The minimum atomic E-state index is -1.12. The first-order chi connectivity index (χ1) is 10.7. The summed E-state index contributed by atoms with van der Waals surface area (Å²) in [6, 6.07) is 4.20. The summed E-state index contributed by atoms with van der Waals surface area (Å²) < 4.78 is 4.96. The second-order valence-electron chi connectivity index (χ2n) is 5.47. The summed E-state index contributed by atoms with van der Waals surface area (Å²) in [6.45, 7) is 3.32. The number of nitrogens with one attached hydrogen (secondary N) is 1. The second-order valence-corrected chi connectivity index (χ2v) is 5.47. The van der Waals surface area contributed by atoms with Crippen molar-refractivity contribution in [3.8, 4) is 0 Å². The van der Waals surface area contributed by atoms with Crippen LogP contribution >= 0.6 is 0 Å². The number of hydrogen-bond acceptors (Lipinski definition) is 5. The van der Waals surface area contributed by atoms with Gasteiger partial charge in [0, 0.05) is 24.3 Å². The van der Waals surface area contributed by atoms with Crippen LogP contribution in [-0.4, -0.2) is 41.2 Å². The molecule has 23 heavy (non-hydrogen) atoms. The summed E-state index contributed by atoms with van der Waals surface area (Å²) in [5.41, 5.74) is -0.624. The predicted molar refractivity (Wildman–Crippen MR) is 82.5 cm³/mol. The first-order valence-electron chi connectivity index (χ1n) is 7.03. The number of rotatable bonds is 8. The van der Waals surface area contributed by atoms with Crippen LogP contribution in [0.2, 0.25) is 0 Å². The summed E-state index contributed by atoms with van der Waals surface area (Å²) in [5, 5.41) is 22.6. The van der Waals surface area contributed by atoms with Crippen LogP contribution in [0.4, 0.5) is 5.69 Å². The van der Waals surface area contributed by atoms with Gasteiger partial charge in [-0.1, -0.05) is 13.0 Å². The number of carbonyl (C=O) groups is 2. The number of aliphatic carboxylic acids is 1. The number of aryl methyl sites for hydroxylation is 1. The number of amides is 1. The van der Waals surface area contributed by atoms with Crippen LogP contribution in [0.15, 0.2) is 18.2 Å². The molecule has 1 unspecified atom stereocenters. The van der Waals surface area contributed by atoms with E-state index < -0.39 is 22.3 Å². The minimum Gasteiger partial charge on any atom is -0.481 e. The molecule has 0 aliphatic carbocycles. The first kappa shape index (κ1) is 18.6. The van der Waals surface area contributed by atoms with Gasteiger partial charge >= 0.3 is 5.97 Å². The molecule has 2 N–H and O–H groups in total. The van der Waals surface area contributed by atoms with E-state index in [9.17, 15) is 19.7 Å². The Morgan fingerprint density at radius 1 is 1.43 bits per heavy atom. The van der Waals surface area contributed by atoms with Crippen LogP contribution in [0.25, 0.3) is 0 Å². The molecule has 0 saturated heterocycles. The zero-order valence-electron chi connectivity index (χ0n) is 13.3. The van der Waals surface area contributed by atoms with E-state index in [0.717, 1.165) is 0 Å². The normalized spacial score (nSPS) is 13.2. The number of nitrogens with zero attached hydrogens (tertiary/aromatic N) is 1. The third-order valence-electron chi connectivity index (χ3n) is 3.34.